The summed E-state index contributed by atoms with van der Waals surface area (Å²) in [6, 6.07) is -1.63. The molecule has 2 N–H and O–H groups in total. The molecule has 0 bridgehead atoms. The van der Waals surface area contributed by atoms with E-state index in [-0.39, 0.29) is 30.4 Å². The van der Waals surface area contributed by atoms with Gasteiger partial charge in [-0.15, -0.1) is 0 Å². The van der Waals surface area contributed by atoms with Crippen LogP contribution in [-0.4, -0.2) is 52.5 Å². The van der Waals surface area contributed by atoms with Crippen LogP contribution in [0.15, 0.2) is 23.7 Å². The zero-order chi connectivity index (χ0) is 26.6. The van der Waals surface area contributed by atoms with Crippen molar-refractivity contribution in [2.75, 3.05) is 6.61 Å². The molecule has 3 saturated carbocycles. The van der Waals surface area contributed by atoms with Gasteiger partial charge in [0.1, 0.15) is 6.61 Å². The highest BCUT2D eigenvalue weighted by atomic mass is 16.7. The van der Waals surface area contributed by atoms with Gasteiger partial charge in [0, 0.05) is 19.5 Å². The molecule has 6 heteroatoms. The predicted molar refractivity (Wildman–Crippen MR) is 113 cm³/mol. The first-order chi connectivity index (χ1) is 16.7. The molecule has 1 heterocycles. The smallest absolute Gasteiger partial charge is 0.193 e. The van der Waals surface area contributed by atoms with Gasteiger partial charge in [-0.1, -0.05) is 38.8 Å². The van der Waals surface area contributed by atoms with E-state index in [4.69, 9.17) is 16.3 Å². The Labute approximate surface area is 190 Å². The predicted octanol–water partition coefficient (Wildman–Crippen LogP) is 2.72. The first kappa shape index (κ1) is 16.3. The third kappa shape index (κ3) is 2.65. The van der Waals surface area contributed by atoms with Crippen LogP contribution in [-0.2, 0) is 19.1 Å². The Balaban J connectivity index is 1.66. The van der Waals surface area contributed by atoms with Gasteiger partial charge in [0.25, 0.3) is 0 Å². The Bertz CT molecular complexity index is 1090. The average Bonchev–Trinajstić information content (AvgIpc) is 3.27. The van der Waals surface area contributed by atoms with E-state index in [0.717, 1.165) is 6.42 Å². The van der Waals surface area contributed by atoms with E-state index in [0.29, 0.717) is 12.8 Å². The van der Waals surface area contributed by atoms with Crippen LogP contribution in [0.4, 0.5) is 0 Å². The van der Waals surface area contributed by atoms with E-state index in [1.54, 1.807) is 6.92 Å². The largest absolute Gasteiger partial charge is 0.393 e. The van der Waals surface area contributed by atoms with Crippen LogP contribution in [0, 0.1) is 28.6 Å². The minimum absolute atomic E-state index is 0.0804. The summed E-state index contributed by atoms with van der Waals surface area (Å²) in [6.45, 7) is 4.64. The lowest BCUT2D eigenvalue weighted by Gasteiger charge is -2.59. The SMILES string of the molecule is [2H]C1=C([2H])[C@@]2(C)C(=C([2H])C1=O)C([2H])([2H])C[C@@H]1[C@@H]2[C@@H](O)C[C@@]2(C)[C@H]1C[C@H]1OC(CCC)O[C@]12C(=O)CO. The molecule has 5 aliphatic rings. The van der Waals surface area contributed by atoms with Gasteiger partial charge in [-0.05, 0) is 56.0 Å². The maximum Gasteiger partial charge on any atom is 0.193 e. The van der Waals surface area contributed by atoms with E-state index in [1.807, 2.05) is 13.8 Å². The Morgan fingerprint density at radius 2 is 2.19 bits per heavy atom. The van der Waals surface area contributed by atoms with Gasteiger partial charge < -0.3 is 19.7 Å². The highest BCUT2D eigenvalue weighted by Gasteiger charge is 2.75. The van der Waals surface area contributed by atoms with Crippen LogP contribution in [0.2, 0.25) is 0 Å². The van der Waals surface area contributed by atoms with Crippen LogP contribution in [0.25, 0.3) is 0 Å². The van der Waals surface area contributed by atoms with Gasteiger partial charge in [-0.2, -0.15) is 0 Å². The molecule has 170 valence electrons. The number of Topliss-reactive ketones (excluding diaryl/α,β-unsaturated/α-hetero) is 1. The number of aliphatic hydroxyl groups excluding tert-OH is 2. The lowest BCUT2D eigenvalue weighted by Crippen LogP contribution is -2.63. The van der Waals surface area contributed by atoms with Gasteiger partial charge in [0.15, 0.2) is 23.5 Å². The highest BCUT2D eigenvalue weighted by molar-refractivity contribution is 6.01. The fourth-order valence-corrected chi connectivity index (χ4v) is 7.47. The number of hydrogen-bond acceptors (Lipinski definition) is 6. The van der Waals surface area contributed by atoms with Crippen molar-refractivity contribution in [1.29, 1.82) is 0 Å². The number of aliphatic hydroxyl groups is 2. The second kappa shape index (κ2) is 7.08. The molecular formula is C25H34O6. The summed E-state index contributed by atoms with van der Waals surface area (Å²) in [6.07, 6.45) is -2.87. The third-order valence-corrected chi connectivity index (χ3v) is 8.70. The molecule has 1 saturated heterocycles. The molecule has 0 aromatic carbocycles. The lowest BCUT2D eigenvalue weighted by atomic mass is 9.46. The minimum atomic E-state index is -2.13. The molecule has 0 aromatic rings. The van der Waals surface area contributed by atoms with Crippen LogP contribution in [0.5, 0.6) is 0 Å². The molecule has 4 aliphatic carbocycles. The van der Waals surface area contributed by atoms with Gasteiger partial charge in [-0.25, -0.2) is 0 Å². The van der Waals surface area contributed by atoms with E-state index in [2.05, 4.69) is 0 Å². The number of allylic oxidation sites excluding steroid dienone is 4. The Morgan fingerprint density at radius 3 is 2.90 bits per heavy atom. The summed E-state index contributed by atoms with van der Waals surface area (Å²) in [5.74, 6) is -3.11. The van der Waals surface area contributed by atoms with Gasteiger partial charge in [-0.3, -0.25) is 9.59 Å². The fourth-order valence-electron chi connectivity index (χ4n) is 7.47. The second-order valence-electron chi connectivity index (χ2n) is 10.2. The van der Waals surface area contributed by atoms with Crippen molar-refractivity contribution >= 4 is 11.6 Å². The van der Waals surface area contributed by atoms with E-state index in [9.17, 15) is 19.8 Å². The summed E-state index contributed by atoms with van der Waals surface area (Å²) in [5.41, 5.74) is -4.11. The second-order valence-corrected chi connectivity index (χ2v) is 10.2. The van der Waals surface area contributed by atoms with Crippen molar-refractivity contribution in [1.82, 2.24) is 0 Å². The molecule has 6 nitrogen and oxygen atoms in total. The van der Waals surface area contributed by atoms with Crippen molar-refractivity contribution in [2.45, 2.75) is 83.3 Å². The Kier molecular flexibility index (Phi) is 3.72. The monoisotopic (exact) mass is 435 g/mol. The van der Waals surface area contributed by atoms with Crippen LogP contribution in [0.3, 0.4) is 0 Å². The molecule has 9 atom stereocenters. The molecule has 31 heavy (non-hydrogen) atoms. The van der Waals surface area contributed by atoms with Crippen molar-refractivity contribution in [3.05, 3.63) is 23.7 Å². The number of fused-ring (bicyclic) bond motifs is 7. The summed E-state index contributed by atoms with van der Waals surface area (Å²) >= 11 is 0. The van der Waals surface area contributed by atoms with Crippen LogP contribution in [0.1, 0.15) is 66.1 Å². The Morgan fingerprint density at radius 1 is 1.42 bits per heavy atom. The third-order valence-electron chi connectivity index (χ3n) is 8.70. The number of ketones is 2. The van der Waals surface area contributed by atoms with Crippen LogP contribution >= 0.6 is 0 Å². The van der Waals surface area contributed by atoms with E-state index in [1.165, 1.54) is 0 Å². The van der Waals surface area contributed by atoms with Crippen molar-refractivity contribution < 1.29 is 36.1 Å². The quantitative estimate of drug-likeness (QED) is 0.705. The Hall–Kier alpha value is -1.34. The molecular weight excluding hydrogens is 396 g/mol. The van der Waals surface area contributed by atoms with Gasteiger partial charge >= 0.3 is 0 Å². The molecule has 0 spiro atoms. The number of hydrogen-bond donors (Lipinski definition) is 2. The zero-order valence-electron chi connectivity index (χ0n) is 23.2. The van der Waals surface area contributed by atoms with Crippen molar-refractivity contribution in [2.24, 2.45) is 28.6 Å². The molecule has 5 rings (SSSR count). The number of ether oxygens (including phenoxy) is 2. The highest BCUT2D eigenvalue weighted by Crippen LogP contribution is 2.69. The molecule has 0 aromatic heterocycles. The first-order valence-corrected chi connectivity index (χ1v) is 11.3. The van der Waals surface area contributed by atoms with E-state index >= 15 is 0 Å². The minimum Gasteiger partial charge on any atom is -0.393 e. The summed E-state index contributed by atoms with van der Waals surface area (Å²) in [4.78, 5) is 25.9. The maximum atomic E-state index is 13.3. The average molecular weight is 436 g/mol. The summed E-state index contributed by atoms with van der Waals surface area (Å²) in [5, 5.41) is 21.6. The number of rotatable bonds is 4. The molecule has 0 radical (unpaired) electrons. The van der Waals surface area contributed by atoms with E-state index < -0.39 is 83.4 Å². The maximum absolute atomic E-state index is 13.3. The normalized spacial score (nSPS) is 55.3. The zero-order valence-corrected chi connectivity index (χ0v) is 18.2. The topological polar surface area (TPSA) is 93.1 Å². The molecule has 4 fully saturated rings. The van der Waals surface area contributed by atoms with Crippen LogP contribution < -0.4 is 0 Å². The summed E-state index contributed by atoms with van der Waals surface area (Å²) in [7, 11) is 0. The summed E-state index contributed by atoms with van der Waals surface area (Å²) < 4.78 is 55.6. The number of carbonyl (C=O) groups is 2. The van der Waals surface area contributed by atoms with Crippen molar-refractivity contribution in [3.63, 3.8) is 0 Å². The first-order valence-electron chi connectivity index (χ1n) is 13.8. The standard InChI is InChI=1S/C25H34O6/c1-4-5-21-30-20-11-17-16-7-6-14-10-15(27)8-9-23(14,2)22(16)18(28)12-24(17,3)25(20,31-21)19(29)13-26/h8-10,16-18,20-22,26,28H,4-7,11-13H2,1-3H3/t16-,17-,18-,20+,21?,22+,23-,24-,25+/m0/s1/i6D2,8D,9D,10D. The lowest BCUT2D eigenvalue weighted by molar-refractivity contribution is -0.200. The van der Waals surface area contributed by atoms with Gasteiger partial charge in [0.2, 0.25) is 0 Å². The fraction of sp³-hybridized carbons (Fsp3) is 0.760. The molecule has 1 aliphatic heterocycles. The molecule has 0 amide bonds. The van der Waals surface area contributed by atoms with Gasteiger partial charge in [0.05, 0.1) is 16.3 Å². The number of carbonyl (C=O) groups excluding carboxylic acids is 2. The van der Waals surface area contributed by atoms with Crippen molar-refractivity contribution in [3.8, 4) is 0 Å². The molecule has 1 unspecified atom stereocenters.